The highest BCUT2D eigenvalue weighted by molar-refractivity contribution is 7.79. The van der Waals surface area contributed by atoms with Gasteiger partial charge in [0.2, 0.25) is 5.91 Å². The van der Waals surface area contributed by atoms with Crippen molar-refractivity contribution >= 4 is 17.0 Å². The summed E-state index contributed by atoms with van der Waals surface area (Å²) in [7, 11) is 0. The zero-order chi connectivity index (χ0) is 18.1. The van der Waals surface area contributed by atoms with Gasteiger partial charge in [0.25, 0.3) is 0 Å². The average Bonchev–Trinajstić information content (AvgIpc) is 2.46. The fourth-order valence-electron chi connectivity index (χ4n) is 3.08. The van der Waals surface area contributed by atoms with Crippen LogP contribution in [0.25, 0.3) is 0 Å². The molecule has 0 aromatic heterocycles. The third-order valence-electron chi connectivity index (χ3n) is 4.94. The Hall–Kier alpha value is -0.940. The maximum atomic E-state index is 12.5. The zero-order valence-corrected chi connectivity index (χ0v) is 16.1. The lowest BCUT2D eigenvalue weighted by Gasteiger charge is -2.33. The van der Waals surface area contributed by atoms with Gasteiger partial charge in [0.05, 0.1) is 6.04 Å². The fourth-order valence-corrected chi connectivity index (χ4v) is 3.83. The minimum Gasteiger partial charge on any atom is -0.772 e. The first-order valence-electron chi connectivity index (χ1n) is 8.98. The molecule has 138 valence electrons. The van der Waals surface area contributed by atoms with E-state index in [0.29, 0.717) is 5.92 Å². The van der Waals surface area contributed by atoms with E-state index < -0.39 is 11.1 Å². The molecular weight excluding hydrogens is 322 g/mol. The van der Waals surface area contributed by atoms with Gasteiger partial charge < -0.3 is 9.87 Å². The molecule has 0 heterocycles. The summed E-state index contributed by atoms with van der Waals surface area (Å²) in [6.45, 7) is 9.49. The lowest BCUT2D eigenvalue weighted by Crippen LogP contribution is -2.42. The molecular formula is C19H32NO3S-. The summed E-state index contributed by atoms with van der Waals surface area (Å²) in [6.07, 6.45) is 9.00. The number of carbonyl (C=O) groups is 1. The molecule has 0 aromatic rings. The fraction of sp³-hybridized carbons (Fsp3) is 0.737. The Morgan fingerprint density at radius 1 is 1.42 bits per heavy atom. The van der Waals surface area contributed by atoms with Crippen molar-refractivity contribution in [1.82, 2.24) is 5.32 Å². The molecule has 5 heteroatoms. The molecule has 1 rings (SSSR count). The summed E-state index contributed by atoms with van der Waals surface area (Å²) in [5.41, 5.74) is 1.84. The van der Waals surface area contributed by atoms with Gasteiger partial charge >= 0.3 is 0 Å². The van der Waals surface area contributed by atoms with Gasteiger partial charge in [0, 0.05) is 11.7 Å². The summed E-state index contributed by atoms with van der Waals surface area (Å²) in [6, 6.07) is -0.160. The van der Waals surface area contributed by atoms with Gasteiger partial charge in [-0.15, -0.1) is 6.58 Å². The minimum absolute atomic E-state index is 0.00481. The monoisotopic (exact) mass is 354 g/mol. The molecule has 0 spiro atoms. The second kappa shape index (κ2) is 10.8. The molecule has 0 aromatic carbocycles. The number of hydrogen-bond acceptors (Lipinski definition) is 3. The molecule has 0 aliphatic heterocycles. The highest BCUT2D eigenvalue weighted by atomic mass is 32.2. The Morgan fingerprint density at radius 2 is 2.08 bits per heavy atom. The number of unbranched alkanes of at least 4 members (excludes halogenated alkanes) is 1. The maximum Gasteiger partial charge on any atom is 0.223 e. The summed E-state index contributed by atoms with van der Waals surface area (Å²) in [5, 5.41) is 3.13. The SMILES string of the molecule is C=CCCCC(C)C(=O)NC(CC1CCC1)C(CS(=O)[O-])=C(C)C. The Morgan fingerprint density at radius 3 is 2.54 bits per heavy atom. The molecule has 1 amide bonds. The summed E-state index contributed by atoms with van der Waals surface area (Å²) in [5.74, 6) is 0.565. The molecule has 1 saturated carbocycles. The van der Waals surface area contributed by atoms with Crippen molar-refractivity contribution in [2.75, 3.05) is 5.75 Å². The molecule has 0 bridgehead atoms. The molecule has 1 aliphatic rings. The van der Waals surface area contributed by atoms with E-state index in [1.54, 1.807) is 0 Å². The first-order chi connectivity index (χ1) is 11.3. The summed E-state index contributed by atoms with van der Waals surface area (Å²) < 4.78 is 22.5. The molecule has 0 radical (unpaired) electrons. The largest absolute Gasteiger partial charge is 0.772 e. The zero-order valence-electron chi connectivity index (χ0n) is 15.3. The predicted octanol–water partition coefficient (Wildman–Crippen LogP) is 3.87. The van der Waals surface area contributed by atoms with Crippen LogP contribution < -0.4 is 5.32 Å². The van der Waals surface area contributed by atoms with Crippen LogP contribution in [0.2, 0.25) is 0 Å². The van der Waals surface area contributed by atoms with Crippen molar-refractivity contribution in [2.24, 2.45) is 11.8 Å². The number of hydrogen-bond donors (Lipinski definition) is 1. The molecule has 24 heavy (non-hydrogen) atoms. The first kappa shape index (κ1) is 21.1. The van der Waals surface area contributed by atoms with Crippen molar-refractivity contribution in [3.05, 3.63) is 23.8 Å². The Bertz CT molecular complexity index is 479. The number of rotatable bonds is 11. The van der Waals surface area contributed by atoms with Gasteiger partial charge in [-0.05, 0) is 51.0 Å². The van der Waals surface area contributed by atoms with Crippen LogP contribution in [0, 0.1) is 11.8 Å². The van der Waals surface area contributed by atoms with E-state index in [0.717, 1.165) is 36.8 Å². The molecule has 1 N–H and O–H groups in total. The molecule has 3 atom stereocenters. The van der Waals surface area contributed by atoms with Gasteiger partial charge in [-0.1, -0.05) is 48.9 Å². The number of nitrogens with one attached hydrogen (secondary N) is 1. The van der Waals surface area contributed by atoms with Crippen LogP contribution >= 0.6 is 0 Å². The smallest absolute Gasteiger partial charge is 0.223 e. The van der Waals surface area contributed by atoms with Gasteiger partial charge in [-0.2, -0.15) is 0 Å². The first-order valence-corrected chi connectivity index (χ1v) is 10.2. The molecule has 1 fully saturated rings. The van der Waals surface area contributed by atoms with Gasteiger partial charge in [-0.25, -0.2) is 0 Å². The van der Waals surface area contributed by atoms with E-state index >= 15 is 0 Å². The van der Waals surface area contributed by atoms with E-state index in [1.165, 1.54) is 19.3 Å². The van der Waals surface area contributed by atoms with Crippen LogP contribution in [0.4, 0.5) is 0 Å². The maximum absolute atomic E-state index is 12.5. The number of allylic oxidation sites excluding steroid dienone is 2. The second-order valence-corrected chi connectivity index (χ2v) is 8.08. The lowest BCUT2D eigenvalue weighted by atomic mass is 9.79. The van der Waals surface area contributed by atoms with Crippen LogP contribution in [-0.2, 0) is 15.9 Å². The third kappa shape index (κ3) is 7.31. The number of carbonyl (C=O) groups excluding carboxylic acids is 1. The van der Waals surface area contributed by atoms with Crippen molar-refractivity contribution < 1.29 is 13.6 Å². The van der Waals surface area contributed by atoms with Crippen LogP contribution in [0.15, 0.2) is 23.8 Å². The Balaban J connectivity index is 2.76. The predicted molar refractivity (Wildman–Crippen MR) is 99.3 cm³/mol. The lowest BCUT2D eigenvalue weighted by molar-refractivity contribution is -0.125. The topological polar surface area (TPSA) is 69.2 Å². The molecule has 0 saturated heterocycles. The Kier molecular flexibility index (Phi) is 9.52. The molecule has 1 aliphatic carbocycles. The highest BCUT2D eigenvalue weighted by Gasteiger charge is 2.27. The van der Waals surface area contributed by atoms with E-state index in [-0.39, 0.29) is 23.6 Å². The van der Waals surface area contributed by atoms with Gasteiger partial charge in [-0.3, -0.25) is 9.00 Å². The normalized spacial score (nSPS) is 18.2. The van der Waals surface area contributed by atoms with E-state index in [2.05, 4.69) is 11.9 Å². The Labute approximate surface area is 149 Å². The summed E-state index contributed by atoms with van der Waals surface area (Å²) >= 11 is -2.14. The van der Waals surface area contributed by atoms with Crippen LogP contribution in [-0.4, -0.2) is 26.5 Å². The minimum atomic E-state index is -2.14. The average molecular weight is 355 g/mol. The van der Waals surface area contributed by atoms with Gasteiger partial charge in [0.15, 0.2) is 0 Å². The van der Waals surface area contributed by atoms with Crippen molar-refractivity contribution in [3.8, 4) is 0 Å². The van der Waals surface area contributed by atoms with E-state index in [1.807, 2.05) is 26.8 Å². The van der Waals surface area contributed by atoms with Crippen molar-refractivity contribution in [2.45, 2.75) is 71.8 Å². The second-order valence-electron chi connectivity index (χ2n) is 7.19. The van der Waals surface area contributed by atoms with Crippen LogP contribution in [0.5, 0.6) is 0 Å². The molecule has 4 nitrogen and oxygen atoms in total. The van der Waals surface area contributed by atoms with Crippen molar-refractivity contribution in [1.29, 1.82) is 0 Å². The summed E-state index contributed by atoms with van der Waals surface area (Å²) in [4.78, 5) is 12.5. The van der Waals surface area contributed by atoms with Crippen LogP contribution in [0.3, 0.4) is 0 Å². The van der Waals surface area contributed by atoms with E-state index in [9.17, 15) is 13.6 Å². The highest BCUT2D eigenvalue weighted by Crippen LogP contribution is 2.32. The van der Waals surface area contributed by atoms with Crippen LogP contribution in [0.1, 0.15) is 65.7 Å². The van der Waals surface area contributed by atoms with E-state index in [4.69, 9.17) is 0 Å². The third-order valence-corrected chi connectivity index (χ3v) is 5.49. The standard InChI is InChI=1S/C19H33NO3S/c1-5-6-7-9-15(4)19(21)20-18(12-16-10-8-11-16)17(14(2)3)13-24(22)23/h5,15-16,18H,1,6-13H2,2-4H3,(H,20,21)(H,22,23)/p-1. The van der Waals surface area contributed by atoms with Gasteiger partial charge in [0.1, 0.15) is 0 Å². The van der Waals surface area contributed by atoms with Crippen molar-refractivity contribution in [3.63, 3.8) is 0 Å². The number of amides is 1. The quantitative estimate of drug-likeness (QED) is 0.348. The molecule has 3 unspecified atom stereocenters.